The Morgan fingerprint density at radius 2 is 1.84 bits per heavy atom. The highest BCUT2D eigenvalue weighted by Crippen LogP contribution is 2.33. The average Bonchev–Trinajstić information content (AvgIpc) is 3.17. The molecule has 0 spiro atoms. The van der Waals surface area contributed by atoms with Gasteiger partial charge < -0.3 is 9.64 Å². The third-order valence-electron chi connectivity index (χ3n) is 6.81. The molecule has 172 valence electrons. The number of fused-ring (bicyclic) bond motifs is 1. The van der Waals surface area contributed by atoms with Crippen LogP contribution in [0.3, 0.4) is 0 Å². The second kappa shape index (κ2) is 9.63. The van der Waals surface area contributed by atoms with Gasteiger partial charge >= 0.3 is 0 Å². The first kappa shape index (κ1) is 22.8. The maximum Gasteiger partial charge on any atom is 0.237 e. The highest BCUT2D eigenvalue weighted by atomic mass is 32.2. The van der Waals surface area contributed by atoms with E-state index in [4.69, 9.17) is 4.74 Å². The maximum absolute atomic E-state index is 13.4. The summed E-state index contributed by atoms with van der Waals surface area (Å²) in [6.45, 7) is 0.742. The van der Waals surface area contributed by atoms with Gasteiger partial charge in [0, 0.05) is 19.6 Å². The summed E-state index contributed by atoms with van der Waals surface area (Å²) in [4.78, 5) is 17.3. The van der Waals surface area contributed by atoms with E-state index in [0.29, 0.717) is 13.0 Å². The van der Waals surface area contributed by atoms with Gasteiger partial charge in [-0.15, -0.1) is 0 Å². The van der Waals surface area contributed by atoms with Crippen molar-refractivity contribution in [3.63, 3.8) is 0 Å². The minimum atomic E-state index is -3.05. The molecular formula is C25H32N2O4S. The lowest BCUT2D eigenvalue weighted by Gasteiger charge is -2.35. The maximum atomic E-state index is 13.4. The first-order valence-electron chi connectivity index (χ1n) is 11.3. The van der Waals surface area contributed by atoms with Gasteiger partial charge in [-0.1, -0.05) is 36.4 Å². The molecule has 1 aliphatic heterocycles. The number of rotatable bonds is 7. The van der Waals surface area contributed by atoms with Crippen LogP contribution in [-0.4, -0.2) is 62.4 Å². The lowest BCUT2D eigenvalue weighted by Crippen LogP contribution is -2.45. The fraction of sp³-hybridized carbons (Fsp3) is 0.480. The predicted octanol–water partition coefficient (Wildman–Crippen LogP) is 3.22. The Labute approximate surface area is 191 Å². The van der Waals surface area contributed by atoms with Gasteiger partial charge in [0.1, 0.15) is 5.75 Å². The third-order valence-corrected chi connectivity index (χ3v) is 8.56. The molecule has 0 bridgehead atoms. The molecule has 32 heavy (non-hydrogen) atoms. The summed E-state index contributed by atoms with van der Waals surface area (Å²) in [6, 6.07) is 16.0. The van der Waals surface area contributed by atoms with Gasteiger partial charge in [-0.25, -0.2) is 8.42 Å². The highest BCUT2D eigenvalue weighted by molar-refractivity contribution is 7.91. The van der Waals surface area contributed by atoms with E-state index in [1.807, 2.05) is 47.2 Å². The summed E-state index contributed by atoms with van der Waals surface area (Å²) in [7, 11) is 0.462. The first-order chi connectivity index (χ1) is 15.4. The number of nitrogens with zero attached hydrogens (tertiary/aromatic N) is 2. The highest BCUT2D eigenvalue weighted by Gasteiger charge is 2.34. The zero-order valence-corrected chi connectivity index (χ0v) is 19.7. The lowest BCUT2D eigenvalue weighted by atomic mass is 9.87. The normalized spacial score (nSPS) is 21.8. The van der Waals surface area contributed by atoms with Gasteiger partial charge in [-0.2, -0.15) is 0 Å². The predicted molar refractivity (Wildman–Crippen MR) is 125 cm³/mol. The summed E-state index contributed by atoms with van der Waals surface area (Å²) >= 11 is 0. The smallest absolute Gasteiger partial charge is 0.237 e. The van der Waals surface area contributed by atoms with Crippen molar-refractivity contribution < 1.29 is 17.9 Å². The number of sulfone groups is 1. The number of methoxy groups -OCH3 is 1. The molecule has 7 heteroatoms. The van der Waals surface area contributed by atoms with Crippen LogP contribution in [0.4, 0.5) is 0 Å². The Morgan fingerprint density at radius 3 is 2.53 bits per heavy atom. The van der Waals surface area contributed by atoms with Gasteiger partial charge in [-0.05, 0) is 54.5 Å². The Hall–Kier alpha value is -2.38. The fourth-order valence-electron chi connectivity index (χ4n) is 4.93. The molecule has 4 rings (SSSR count). The number of hydrogen-bond donors (Lipinski definition) is 0. The Morgan fingerprint density at radius 1 is 1.09 bits per heavy atom. The molecule has 2 unspecified atom stereocenters. The van der Waals surface area contributed by atoms with Crippen LogP contribution in [0.25, 0.3) is 0 Å². The van der Waals surface area contributed by atoms with Gasteiger partial charge in [-0.3, -0.25) is 9.69 Å². The summed E-state index contributed by atoms with van der Waals surface area (Å²) in [6.07, 6.45) is 3.64. The minimum Gasteiger partial charge on any atom is -0.497 e. The molecule has 1 fully saturated rings. The molecule has 1 saturated heterocycles. The standard InChI is InChI=1S/C25H32N2O4S/c1-26(24-9-5-7-20-6-3-4-8-23(20)24)25(28)17-27(21-14-15-32(29,30)18-21)16-19-10-12-22(31-2)13-11-19/h3-4,6,8,10-13,21,24H,5,7,9,14-18H2,1-2H3. The van der Waals surface area contributed by atoms with Gasteiger partial charge in [0.15, 0.2) is 9.84 Å². The number of hydrogen-bond acceptors (Lipinski definition) is 5. The summed E-state index contributed by atoms with van der Waals surface area (Å²) in [5.74, 6) is 1.11. The van der Waals surface area contributed by atoms with Crippen molar-refractivity contribution in [1.82, 2.24) is 9.80 Å². The van der Waals surface area contributed by atoms with Crippen LogP contribution in [0.5, 0.6) is 5.75 Å². The van der Waals surface area contributed by atoms with Crippen molar-refractivity contribution >= 4 is 15.7 Å². The van der Waals surface area contributed by atoms with E-state index in [1.54, 1.807) is 7.11 Å². The second-order valence-electron chi connectivity index (χ2n) is 8.92. The van der Waals surface area contributed by atoms with Crippen molar-refractivity contribution in [3.8, 4) is 5.75 Å². The zero-order chi connectivity index (χ0) is 22.7. The molecular weight excluding hydrogens is 424 g/mol. The van der Waals surface area contributed by atoms with E-state index in [2.05, 4.69) is 18.2 Å². The number of carbonyl (C=O) groups excluding carboxylic acids is 1. The van der Waals surface area contributed by atoms with Gasteiger partial charge in [0.2, 0.25) is 5.91 Å². The van der Waals surface area contributed by atoms with E-state index in [-0.39, 0.29) is 36.0 Å². The van der Waals surface area contributed by atoms with E-state index < -0.39 is 9.84 Å². The first-order valence-corrected chi connectivity index (χ1v) is 13.1. The van der Waals surface area contributed by atoms with Crippen molar-refractivity contribution in [2.45, 2.75) is 44.3 Å². The molecule has 1 amide bonds. The summed E-state index contributed by atoms with van der Waals surface area (Å²) in [5, 5.41) is 0. The zero-order valence-electron chi connectivity index (χ0n) is 18.9. The van der Waals surface area contributed by atoms with Crippen molar-refractivity contribution in [2.24, 2.45) is 0 Å². The Bertz CT molecular complexity index is 1050. The van der Waals surface area contributed by atoms with Crippen LogP contribution >= 0.6 is 0 Å². The molecule has 2 atom stereocenters. The molecule has 1 heterocycles. The number of benzene rings is 2. The molecule has 0 saturated carbocycles. The summed E-state index contributed by atoms with van der Waals surface area (Å²) < 4.78 is 29.5. The largest absolute Gasteiger partial charge is 0.497 e. The molecule has 6 nitrogen and oxygen atoms in total. The van der Waals surface area contributed by atoms with Crippen LogP contribution in [0, 0.1) is 0 Å². The second-order valence-corrected chi connectivity index (χ2v) is 11.2. The quantitative estimate of drug-likeness (QED) is 0.640. The summed E-state index contributed by atoms with van der Waals surface area (Å²) in [5.41, 5.74) is 3.59. The topological polar surface area (TPSA) is 66.9 Å². The average molecular weight is 457 g/mol. The van der Waals surface area contributed by atoms with Crippen LogP contribution in [0.2, 0.25) is 0 Å². The van der Waals surface area contributed by atoms with Crippen molar-refractivity contribution in [3.05, 3.63) is 65.2 Å². The molecule has 0 N–H and O–H groups in total. The molecule has 0 radical (unpaired) electrons. The van der Waals surface area contributed by atoms with E-state index in [0.717, 1.165) is 30.6 Å². The van der Waals surface area contributed by atoms with Gasteiger partial charge in [0.05, 0.1) is 31.2 Å². The minimum absolute atomic E-state index is 0.0320. The fourth-order valence-corrected chi connectivity index (χ4v) is 6.69. The SMILES string of the molecule is COc1ccc(CN(CC(=O)N(C)C2CCCc3ccccc32)C2CCS(=O)(=O)C2)cc1. The Kier molecular flexibility index (Phi) is 6.86. The molecule has 2 aromatic rings. The number of amides is 1. The van der Waals surface area contributed by atoms with Crippen LogP contribution in [-0.2, 0) is 27.6 Å². The monoisotopic (exact) mass is 456 g/mol. The number of aryl methyl sites for hydroxylation is 1. The number of carbonyl (C=O) groups is 1. The molecule has 2 aliphatic rings. The van der Waals surface area contributed by atoms with Crippen LogP contribution in [0.15, 0.2) is 48.5 Å². The van der Waals surface area contributed by atoms with Crippen LogP contribution in [0.1, 0.15) is 42.0 Å². The number of ether oxygens (including phenoxy) is 1. The van der Waals surface area contributed by atoms with Gasteiger partial charge in [0.25, 0.3) is 0 Å². The van der Waals surface area contributed by atoms with E-state index in [9.17, 15) is 13.2 Å². The van der Waals surface area contributed by atoms with Crippen molar-refractivity contribution in [1.29, 1.82) is 0 Å². The van der Waals surface area contributed by atoms with Crippen molar-refractivity contribution in [2.75, 3.05) is 32.2 Å². The number of likely N-dealkylation sites (N-methyl/N-ethyl adjacent to an activating group) is 1. The van der Waals surface area contributed by atoms with E-state index in [1.165, 1.54) is 11.1 Å². The Balaban J connectivity index is 1.51. The van der Waals surface area contributed by atoms with E-state index >= 15 is 0 Å². The lowest BCUT2D eigenvalue weighted by molar-refractivity contribution is -0.134. The third kappa shape index (κ3) is 5.15. The van der Waals surface area contributed by atoms with Crippen LogP contribution < -0.4 is 4.74 Å². The molecule has 1 aliphatic carbocycles. The molecule has 0 aromatic heterocycles. The molecule has 2 aromatic carbocycles.